The lowest BCUT2D eigenvalue weighted by Gasteiger charge is -2.19. The second-order valence-electron chi connectivity index (χ2n) is 4.99. The van der Waals surface area contributed by atoms with E-state index in [1.807, 2.05) is 25.0 Å². The summed E-state index contributed by atoms with van der Waals surface area (Å²) in [5.41, 5.74) is 4.57. The van der Waals surface area contributed by atoms with Gasteiger partial charge in [-0.2, -0.15) is 5.10 Å². The van der Waals surface area contributed by atoms with Crippen molar-refractivity contribution < 1.29 is 4.74 Å². The minimum absolute atomic E-state index is 0.298. The quantitative estimate of drug-likeness (QED) is 0.877. The number of nitrogens with one attached hydrogen (secondary N) is 1. The summed E-state index contributed by atoms with van der Waals surface area (Å²) >= 11 is 0. The first-order valence-electron chi connectivity index (χ1n) is 6.49. The Labute approximate surface area is 112 Å². The fourth-order valence-electron chi connectivity index (χ4n) is 2.81. The predicted molar refractivity (Wildman–Crippen MR) is 72.1 cm³/mol. The lowest BCUT2D eigenvalue weighted by atomic mass is 9.98. The van der Waals surface area contributed by atoms with Crippen LogP contribution < -0.4 is 10.1 Å². The van der Waals surface area contributed by atoms with E-state index in [9.17, 15) is 0 Å². The molecule has 1 unspecified atom stereocenters. The van der Waals surface area contributed by atoms with Gasteiger partial charge in [-0.3, -0.25) is 9.36 Å². The Morgan fingerprint density at radius 1 is 1.37 bits per heavy atom. The third-order valence-corrected chi connectivity index (χ3v) is 3.66. The zero-order chi connectivity index (χ0) is 13.6. The van der Waals surface area contributed by atoms with E-state index in [0.29, 0.717) is 11.9 Å². The molecule has 2 aromatic heterocycles. The van der Waals surface area contributed by atoms with Crippen molar-refractivity contribution in [2.24, 2.45) is 14.1 Å². The molecule has 1 N–H and O–H groups in total. The molecule has 1 atom stereocenters. The van der Waals surface area contributed by atoms with E-state index >= 15 is 0 Å². The van der Waals surface area contributed by atoms with Gasteiger partial charge in [0.1, 0.15) is 0 Å². The van der Waals surface area contributed by atoms with Crippen molar-refractivity contribution in [3.05, 3.63) is 17.5 Å². The van der Waals surface area contributed by atoms with Crippen molar-refractivity contribution in [2.75, 3.05) is 13.7 Å². The third kappa shape index (κ3) is 1.83. The van der Waals surface area contributed by atoms with Gasteiger partial charge in [0.25, 0.3) is 0 Å². The molecule has 19 heavy (non-hydrogen) atoms. The van der Waals surface area contributed by atoms with Crippen LogP contribution in [0.25, 0.3) is 11.3 Å². The lowest BCUT2D eigenvalue weighted by Crippen LogP contribution is -2.27. The molecule has 0 spiro atoms. The largest absolute Gasteiger partial charge is 0.479 e. The van der Waals surface area contributed by atoms with Gasteiger partial charge in [-0.05, 0) is 19.9 Å². The molecule has 0 bridgehead atoms. The van der Waals surface area contributed by atoms with Gasteiger partial charge in [0.05, 0.1) is 24.1 Å². The van der Waals surface area contributed by atoms with Crippen LogP contribution in [0.1, 0.15) is 24.2 Å². The molecule has 0 saturated carbocycles. The highest BCUT2D eigenvalue weighted by Gasteiger charge is 2.27. The van der Waals surface area contributed by atoms with E-state index in [0.717, 1.165) is 29.9 Å². The maximum absolute atomic E-state index is 5.37. The number of nitrogens with zero attached hydrogens (tertiary/aromatic N) is 4. The summed E-state index contributed by atoms with van der Waals surface area (Å²) in [5, 5.41) is 12.4. The Morgan fingerprint density at radius 3 is 2.89 bits per heavy atom. The highest BCUT2D eigenvalue weighted by atomic mass is 16.5. The Morgan fingerprint density at radius 2 is 2.16 bits per heavy atom. The molecule has 0 saturated heterocycles. The highest BCUT2D eigenvalue weighted by Crippen LogP contribution is 2.35. The first-order chi connectivity index (χ1) is 9.11. The maximum atomic E-state index is 5.37. The zero-order valence-corrected chi connectivity index (χ0v) is 11.8. The molecule has 1 aliphatic rings. The first-order valence-corrected chi connectivity index (χ1v) is 6.49. The van der Waals surface area contributed by atoms with Crippen LogP contribution in [0, 0.1) is 0 Å². The van der Waals surface area contributed by atoms with Crippen molar-refractivity contribution in [3.8, 4) is 17.1 Å². The Bertz CT molecular complexity index is 613. The number of rotatable bonds is 2. The van der Waals surface area contributed by atoms with Crippen LogP contribution in [0.15, 0.2) is 6.20 Å². The van der Waals surface area contributed by atoms with Gasteiger partial charge in [0.2, 0.25) is 5.88 Å². The van der Waals surface area contributed by atoms with E-state index in [4.69, 9.17) is 4.74 Å². The minimum Gasteiger partial charge on any atom is -0.479 e. The van der Waals surface area contributed by atoms with Gasteiger partial charge in [0.15, 0.2) is 0 Å². The number of aryl methyl sites for hydroxylation is 2. The van der Waals surface area contributed by atoms with Crippen LogP contribution in [0.2, 0.25) is 0 Å². The van der Waals surface area contributed by atoms with Crippen molar-refractivity contribution in [1.82, 2.24) is 24.9 Å². The molecule has 0 fully saturated rings. The predicted octanol–water partition coefficient (Wildman–Crippen LogP) is 1.04. The molecule has 0 aromatic carbocycles. The van der Waals surface area contributed by atoms with Gasteiger partial charge in [0, 0.05) is 31.9 Å². The second-order valence-corrected chi connectivity index (χ2v) is 4.99. The van der Waals surface area contributed by atoms with Gasteiger partial charge in [-0.25, -0.2) is 0 Å². The molecule has 6 heteroatoms. The van der Waals surface area contributed by atoms with Crippen LogP contribution in [0.5, 0.6) is 5.88 Å². The van der Waals surface area contributed by atoms with Gasteiger partial charge in [-0.15, -0.1) is 5.10 Å². The Kier molecular flexibility index (Phi) is 2.82. The molecule has 0 amide bonds. The van der Waals surface area contributed by atoms with Crippen molar-refractivity contribution in [2.45, 2.75) is 19.4 Å². The SMILES string of the molecule is COc1nn(C)cc1-c1c2c(nn1C)C(C)NCC2. The van der Waals surface area contributed by atoms with Crippen LogP contribution in [0.4, 0.5) is 0 Å². The van der Waals surface area contributed by atoms with E-state index < -0.39 is 0 Å². The summed E-state index contributed by atoms with van der Waals surface area (Å²) < 4.78 is 9.09. The van der Waals surface area contributed by atoms with Crippen molar-refractivity contribution in [3.63, 3.8) is 0 Å². The number of hydrogen-bond acceptors (Lipinski definition) is 4. The van der Waals surface area contributed by atoms with Crippen molar-refractivity contribution in [1.29, 1.82) is 0 Å². The Balaban J connectivity index is 2.20. The van der Waals surface area contributed by atoms with Crippen LogP contribution in [-0.4, -0.2) is 33.2 Å². The first kappa shape index (κ1) is 12.2. The summed E-state index contributed by atoms with van der Waals surface area (Å²) in [6.45, 7) is 3.13. The second kappa shape index (κ2) is 4.38. The fourth-order valence-corrected chi connectivity index (χ4v) is 2.81. The van der Waals surface area contributed by atoms with Gasteiger partial charge < -0.3 is 10.1 Å². The average molecular weight is 261 g/mol. The number of methoxy groups -OCH3 is 1. The van der Waals surface area contributed by atoms with E-state index in [1.165, 1.54) is 5.56 Å². The molecule has 2 aromatic rings. The smallest absolute Gasteiger partial charge is 0.242 e. The van der Waals surface area contributed by atoms with Crippen molar-refractivity contribution >= 4 is 0 Å². The number of ether oxygens (including phenoxy) is 1. The highest BCUT2D eigenvalue weighted by molar-refractivity contribution is 5.69. The zero-order valence-electron chi connectivity index (χ0n) is 11.8. The minimum atomic E-state index is 0.298. The molecule has 3 rings (SSSR count). The maximum Gasteiger partial charge on any atom is 0.242 e. The summed E-state index contributed by atoms with van der Waals surface area (Å²) in [7, 11) is 5.53. The summed E-state index contributed by atoms with van der Waals surface area (Å²) in [4.78, 5) is 0. The number of aromatic nitrogens is 4. The van der Waals surface area contributed by atoms with Crippen LogP contribution in [0.3, 0.4) is 0 Å². The molecule has 1 aliphatic heterocycles. The molecule has 0 aliphatic carbocycles. The normalized spacial score (nSPS) is 18.4. The average Bonchev–Trinajstić information content (AvgIpc) is 2.89. The van der Waals surface area contributed by atoms with Crippen LogP contribution >= 0.6 is 0 Å². The van der Waals surface area contributed by atoms with Crippen LogP contribution in [-0.2, 0) is 20.5 Å². The summed E-state index contributed by atoms with van der Waals surface area (Å²) in [6.07, 6.45) is 2.98. The van der Waals surface area contributed by atoms with E-state index in [1.54, 1.807) is 11.8 Å². The molecule has 3 heterocycles. The topological polar surface area (TPSA) is 56.9 Å². The number of fused-ring (bicyclic) bond motifs is 1. The molecule has 6 nitrogen and oxygen atoms in total. The number of hydrogen-bond donors (Lipinski definition) is 1. The third-order valence-electron chi connectivity index (χ3n) is 3.66. The van der Waals surface area contributed by atoms with E-state index in [-0.39, 0.29) is 0 Å². The molecule has 0 radical (unpaired) electrons. The monoisotopic (exact) mass is 261 g/mol. The van der Waals surface area contributed by atoms with Gasteiger partial charge in [-0.1, -0.05) is 0 Å². The standard InChI is InChI=1S/C13H19N5O/c1-8-11-9(5-6-14-8)12(18(3)15-11)10-7-17(2)16-13(10)19-4/h7-8,14H,5-6H2,1-4H3. The summed E-state index contributed by atoms with van der Waals surface area (Å²) in [6, 6.07) is 0.298. The fraction of sp³-hybridized carbons (Fsp3) is 0.538. The lowest BCUT2D eigenvalue weighted by molar-refractivity contribution is 0.393. The molecular formula is C13H19N5O. The van der Waals surface area contributed by atoms with E-state index in [2.05, 4.69) is 22.4 Å². The Hall–Kier alpha value is -1.82. The molecule has 102 valence electrons. The summed E-state index contributed by atoms with van der Waals surface area (Å²) in [5.74, 6) is 0.652. The van der Waals surface area contributed by atoms with Gasteiger partial charge >= 0.3 is 0 Å². The molecular weight excluding hydrogens is 242 g/mol.